The molecule has 4 aromatic rings. The Kier molecular flexibility index (Phi) is 8.04. The second kappa shape index (κ2) is 11.8. The molecule has 0 saturated carbocycles. The molecule has 5 heteroatoms. The first-order valence-corrected chi connectivity index (χ1v) is 11.7. The van der Waals surface area contributed by atoms with Gasteiger partial charge >= 0.3 is 11.9 Å². The predicted molar refractivity (Wildman–Crippen MR) is 136 cm³/mol. The molecular weight excluding hydrogens is 452 g/mol. The summed E-state index contributed by atoms with van der Waals surface area (Å²) in [5, 5.41) is 0. The van der Waals surface area contributed by atoms with Crippen molar-refractivity contribution in [1.82, 2.24) is 0 Å². The molecule has 36 heavy (non-hydrogen) atoms. The zero-order valence-electron chi connectivity index (χ0n) is 19.8. The van der Waals surface area contributed by atoms with Crippen molar-refractivity contribution < 1.29 is 23.9 Å². The van der Waals surface area contributed by atoms with Crippen molar-refractivity contribution in [2.45, 2.75) is 19.1 Å². The maximum Gasteiger partial charge on any atom is 0.380 e. The summed E-state index contributed by atoms with van der Waals surface area (Å²) in [7, 11) is 0. The van der Waals surface area contributed by atoms with E-state index in [1.807, 2.05) is 73.7 Å². The predicted octanol–water partition coefficient (Wildman–Crippen LogP) is 6.39. The summed E-state index contributed by atoms with van der Waals surface area (Å²) in [4.78, 5) is 38.8. The van der Waals surface area contributed by atoms with Crippen LogP contribution < -0.4 is 0 Å². The molecule has 0 fully saturated rings. The molecule has 0 aliphatic rings. The Bertz CT molecular complexity index is 1290. The third kappa shape index (κ3) is 5.94. The van der Waals surface area contributed by atoms with Crippen LogP contribution in [0.4, 0.5) is 0 Å². The third-order valence-electron chi connectivity index (χ3n) is 5.91. The van der Waals surface area contributed by atoms with E-state index in [1.165, 1.54) is 0 Å². The summed E-state index contributed by atoms with van der Waals surface area (Å²) in [5.41, 5.74) is 2.10. The van der Waals surface area contributed by atoms with Crippen molar-refractivity contribution in [3.8, 4) is 0 Å². The minimum absolute atomic E-state index is 0.247. The van der Waals surface area contributed by atoms with Crippen molar-refractivity contribution in [2.75, 3.05) is 0 Å². The molecule has 5 nitrogen and oxygen atoms in total. The minimum atomic E-state index is -0.969. The number of ether oxygens (including phenoxy) is 2. The standard InChI is InChI=1S/C31H26O5/c1-22(28(24-16-8-3-9-17-24)35-30(33)26-20-12-5-13-21-26)29(25-18-10-4-11-19-25)36-31(34)27(32)23-14-6-2-7-15-23/h2-22,28-29H,1H3. The normalized spacial score (nSPS) is 13.1. The van der Waals surface area contributed by atoms with Gasteiger partial charge in [-0.2, -0.15) is 0 Å². The maximum absolute atomic E-state index is 13.0. The SMILES string of the molecule is CC(C(OC(=O)C(=O)c1ccccc1)c1ccccc1)C(OC(=O)c1ccccc1)c1ccccc1. The number of carbonyl (C=O) groups excluding carboxylic acids is 3. The molecule has 0 aliphatic heterocycles. The summed E-state index contributed by atoms with van der Waals surface area (Å²) in [6.07, 6.45) is -1.59. The summed E-state index contributed by atoms with van der Waals surface area (Å²) in [5.74, 6) is -2.71. The summed E-state index contributed by atoms with van der Waals surface area (Å²) < 4.78 is 11.8. The number of hydrogen-bond acceptors (Lipinski definition) is 5. The van der Waals surface area contributed by atoms with Crippen LogP contribution in [0.1, 0.15) is 51.0 Å². The van der Waals surface area contributed by atoms with Crippen molar-refractivity contribution >= 4 is 17.7 Å². The molecular formula is C31H26O5. The fraction of sp³-hybridized carbons (Fsp3) is 0.129. The van der Waals surface area contributed by atoms with Crippen LogP contribution in [0.25, 0.3) is 0 Å². The highest BCUT2D eigenvalue weighted by atomic mass is 16.6. The number of benzene rings is 4. The number of esters is 2. The largest absolute Gasteiger partial charge is 0.453 e. The molecule has 0 aromatic heterocycles. The van der Waals surface area contributed by atoms with Gasteiger partial charge in [0.15, 0.2) is 0 Å². The molecule has 0 saturated heterocycles. The first kappa shape index (κ1) is 24.6. The van der Waals surface area contributed by atoms with Gasteiger partial charge in [0.2, 0.25) is 0 Å². The van der Waals surface area contributed by atoms with Gasteiger partial charge in [0, 0.05) is 11.5 Å². The van der Waals surface area contributed by atoms with E-state index in [4.69, 9.17) is 9.47 Å². The molecule has 4 rings (SSSR count). The van der Waals surface area contributed by atoms with Crippen LogP contribution in [0, 0.1) is 5.92 Å². The fourth-order valence-corrected chi connectivity index (χ4v) is 4.04. The van der Waals surface area contributed by atoms with Gasteiger partial charge in [0.1, 0.15) is 12.2 Å². The van der Waals surface area contributed by atoms with E-state index in [0.717, 1.165) is 5.56 Å². The molecule has 0 aliphatic carbocycles. The van der Waals surface area contributed by atoms with Crippen molar-refractivity contribution in [3.63, 3.8) is 0 Å². The number of carbonyl (C=O) groups is 3. The number of ketones is 1. The van der Waals surface area contributed by atoms with Gasteiger partial charge in [-0.3, -0.25) is 4.79 Å². The lowest BCUT2D eigenvalue weighted by atomic mass is 9.88. The summed E-state index contributed by atoms with van der Waals surface area (Å²) in [6.45, 7) is 1.84. The van der Waals surface area contributed by atoms with Gasteiger partial charge in [-0.25, -0.2) is 9.59 Å². The molecule has 0 bridgehead atoms. The minimum Gasteiger partial charge on any atom is -0.453 e. The first-order valence-electron chi connectivity index (χ1n) is 11.7. The molecule has 0 N–H and O–H groups in total. The van der Waals surface area contributed by atoms with Crippen LogP contribution in [0.5, 0.6) is 0 Å². The van der Waals surface area contributed by atoms with E-state index < -0.39 is 35.8 Å². The molecule has 0 spiro atoms. The van der Waals surface area contributed by atoms with Gasteiger partial charge < -0.3 is 9.47 Å². The van der Waals surface area contributed by atoms with Crippen LogP contribution in [0.2, 0.25) is 0 Å². The van der Waals surface area contributed by atoms with E-state index in [-0.39, 0.29) is 5.56 Å². The maximum atomic E-state index is 13.0. The molecule has 3 atom stereocenters. The average Bonchev–Trinajstić information content (AvgIpc) is 2.95. The van der Waals surface area contributed by atoms with Crippen LogP contribution in [-0.2, 0) is 14.3 Å². The molecule has 0 heterocycles. The highest BCUT2D eigenvalue weighted by molar-refractivity contribution is 6.40. The highest BCUT2D eigenvalue weighted by Crippen LogP contribution is 2.38. The van der Waals surface area contributed by atoms with Gasteiger partial charge in [0.05, 0.1) is 5.56 Å². The van der Waals surface area contributed by atoms with E-state index in [9.17, 15) is 14.4 Å². The smallest absolute Gasteiger partial charge is 0.380 e. The second-order valence-corrected chi connectivity index (χ2v) is 8.39. The van der Waals surface area contributed by atoms with Crippen molar-refractivity contribution in [1.29, 1.82) is 0 Å². The van der Waals surface area contributed by atoms with Crippen LogP contribution in [0.3, 0.4) is 0 Å². The average molecular weight is 479 g/mol. The van der Waals surface area contributed by atoms with Gasteiger partial charge in [0.25, 0.3) is 5.78 Å². The third-order valence-corrected chi connectivity index (χ3v) is 5.91. The Labute approximate surface area is 210 Å². The lowest BCUT2D eigenvalue weighted by Gasteiger charge is -2.31. The molecule has 3 unspecified atom stereocenters. The Morgan fingerprint density at radius 3 is 1.39 bits per heavy atom. The highest BCUT2D eigenvalue weighted by Gasteiger charge is 2.35. The van der Waals surface area contributed by atoms with E-state index in [2.05, 4.69) is 0 Å². The Morgan fingerprint density at radius 2 is 0.917 bits per heavy atom. The fourth-order valence-electron chi connectivity index (χ4n) is 4.04. The zero-order chi connectivity index (χ0) is 25.3. The quantitative estimate of drug-likeness (QED) is 0.158. The number of rotatable bonds is 9. The van der Waals surface area contributed by atoms with Gasteiger partial charge in [-0.05, 0) is 23.3 Å². The van der Waals surface area contributed by atoms with E-state index >= 15 is 0 Å². The van der Waals surface area contributed by atoms with Crippen LogP contribution in [-0.4, -0.2) is 17.7 Å². The Balaban J connectivity index is 1.67. The monoisotopic (exact) mass is 478 g/mol. The lowest BCUT2D eigenvalue weighted by molar-refractivity contribution is -0.148. The Morgan fingerprint density at radius 1 is 0.528 bits per heavy atom. The lowest BCUT2D eigenvalue weighted by Crippen LogP contribution is -2.29. The van der Waals surface area contributed by atoms with E-state index in [1.54, 1.807) is 54.6 Å². The molecule has 180 valence electrons. The molecule has 4 aromatic carbocycles. The van der Waals surface area contributed by atoms with E-state index in [0.29, 0.717) is 11.1 Å². The van der Waals surface area contributed by atoms with Gasteiger partial charge in [-0.15, -0.1) is 0 Å². The van der Waals surface area contributed by atoms with Crippen LogP contribution >= 0.6 is 0 Å². The number of hydrogen-bond donors (Lipinski definition) is 0. The summed E-state index contributed by atoms with van der Waals surface area (Å²) >= 11 is 0. The number of Topliss-reactive ketones (excluding diaryl/α,β-unsaturated/α-hetero) is 1. The molecule has 0 amide bonds. The van der Waals surface area contributed by atoms with Crippen molar-refractivity contribution in [2.24, 2.45) is 5.92 Å². The topological polar surface area (TPSA) is 69.7 Å². The van der Waals surface area contributed by atoms with Gasteiger partial charge in [-0.1, -0.05) is 116 Å². The molecule has 0 radical (unpaired) electrons. The second-order valence-electron chi connectivity index (χ2n) is 8.39. The first-order chi connectivity index (χ1) is 17.5. The summed E-state index contributed by atoms with van der Waals surface area (Å²) in [6, 6.07) is 35.5. The van der Waals surface area contributed by atoms with Crippen LogP contribution in [0.15, 0.2) is 121 Å². The Hall–Kier alpha value is -4.51. The van der Waals surface area contributed by atoms with Crippen molar-refractivity contribution in [3.05, 3.63) is 144 Å². The zero-order valence-corrected chi connectivity index (χ0v) is 19.8.